The molecule has 1 N–H and O–H groups in total. The summed E-state index contributed by atoms with van der Waals surface area (Å²) in [7, 11) is 0. The second kappa shape index (κ2) is 6.03. The van der Waals surface area contributed by atoms with Crippen LogP contribution in [0, 0.1) is 0 Å². The summed E-state index contributed by atoms with van der Waals surface area (Å²) in [4.78, 5) is 0. The van der Waals surface area contributed by atoms with Crippen molar-refractivity contribution in [2.45, 2.75) is 19.4 Å². The highest BCUT2D eigenvalue weighted by Gasteiger charge is 2.05. The van der Waals surface area contributed by atoms with Crippen molar-refractivity contribution in [3.05, 3.63) is 58.5 Å². The van der Waals surface area contributed by atoms with Gasteiger partial charge in [-0.2, -0.15) is 0 Å². The molecule has 0 fully saturated rings. The molecule has 0 spiro atoms. The van der Waals surface area contributed by atoms with Crippen LogP contribution in [-0.2, 0) is 6.54 Å². The van der Waals surface area contributed by atoms with Gasteiger partial charge < -0.3 is 9.73 Å². The van der Waals surface area contributed by atoms with Crippen LogP contribution in [0.2, 0.25) is 0 Å². The first-order valence-electron chi connectivity index (χ1n) is 5.75. The molecule has 0 aliphatic carbocycles. The zero-order chi connectivity index (χ0) is 12.1. The molecule has 17 heavy (non-hydrogen) atoms. The van der Waals surface area contributed by atoms with E-state index in [0.717, 1.165) is 23.5 Å². The monoisotopic (exact) mass is 293 g/mol. The maximum absolute atomic E-state index is 5.43. The van der Waals surface area contributed by atoms with E-state index >= 15 is 0 Å². The van der Waals surface area contributed by atoms with E-state index in [9.17, 15) is 0 Å². The van der Waals surface area contributed by atoms with Crippen LogP contribution in [0.4, 0.5) is 0 Å². The van der Waals surface area contributed by atoms with Gasteiger partial charge in [-0.1, -0.05) is 37.3 Å². The Morgan fingerprint density at radius 3 is 2.59 bits per heavy atom. The van der Waals surface area contributed by atoms with Gasteiger partial charge in [0, 0.05) is 6.54 Å². The Hall–Kier alpha value is -1.06. The molecule has 0 bridgehead atoms. The standard InChI is InChI=1S/C14H16BrNO/c1-11(12-5-3-2-4-6-12)9-16-10-13-7-8-14(15)17-13/h2-8,11,16H,9-10H2,1H3. The molecule has 1 heterocycles. The molecular weight excluding hydrogens is 278 g/mol. The molecule has 0 saturated heterocycles. The van der Waals surface area contributed by atoms with Gasteiger partial charge in [-0.15, -0.1) is 0 Å². The minimum atomic E-state index is 0.509. The first kappa shape index (κ1) is 12.4. The smallest absolute Gasteiger partial charge is 0.169 e. The SMILES string of the molecule is CC(CNCc1ccc(Br)o1)c1ccccc1. The van der Waals surface area contributed by atoms with E-state index in [2.05, 4.69) is 52.4 Å². The second-order valence-electron chi connectivity index (χ2n) is 4.15. The fourth-order valence-electron chi connectivity index (χ4n) is 1.76. The van der Waals surface area contributed by atoms with E-state index in [1.54, 1.807) is 0 Å². The van der Waals surface area contributed by atoms with Crippen LogP contribution in [0.25, 0.3) is 0 Å². The molecule has 1 aromatic heterocycles. The van der Waals surface area contributed by atoms with Gasteiger partial charge in [0.1, 0.15) is 5.76 Å². The molecule has 90 valence electrons. The van der Waals surface area contributed by atoms with Crippen LogP contribution in [0.3, 0.4) is 0 Å². The molecule has 0 radical (unpaired) electrons. The lowest BCUT2D eigenvalue weighted by atomic mass is 10.0. The highest BCUT2D eigenvalue weighted by molar-refractivity contribution is 9.10. The number of benzene rings is 1. The molecule has 1 unspecified atom stereocenters. The van der Waals surface area contributed by atoms with Gasteiger partial charge in [0.05, 0.1) is 6.54 Å². The zero-order valence-electron chi connectivity index (χ0n) is 9.82. The van der Waals surface area contributed by atoms with Gasteiger partial charge >= 0.3 is 0 Å². The minimum absolute atomic E-state index is 0.509. The molecule has 0 aliphatic rings. The van der Waals surface area contributed by atoms with Crippen molar-refractivity contribution in [1.29, 1.82) is 0 Å². The normalized spacial score (nSPS) is 12.6. The van der Waals surface area contributed by atoms with Crippen molar-refractivity contribution in [3.63, 3.8) is 0 Å². The van der Waals surface area contributed by atoms with E-state index in [1.165, 1.54) is 5.56 Å². The summed E-state index contributed by atoms with van der Waals surface area (Å²) in [5.74, 6) is 1.46. The van der Waals surface area contributed by atoms with Crippen molar-refractivity contribution in [1.82, 2.24) is 5.32 Å². The Labute approximate surface area is 110 Å². The van der Waals surface area contributed by atoms with Gasteiger partial charge in [-0.25, -0.2) is 0 Å². The molecule has 0 aliphatic heterocycles. The lowest BCUT2D eigenvalue weighted by Crippen LogP contribution is -2.19. The van der Waals surface area contributed by atoms with Gasteiger partial charge in [0.2, 0.25) is 0 Å². The number of halogens is 1. The Morgan fingerprint density at radius 2 is 1.94 bits per heavy atom. The largest absolute Gasteiger partial charge is 0.453 e. The van der Waals surface area contributed by atoms with Crippen LogP contribution in [-0.4, -0.2) is 6.54 Å². The molecule has 3 heteroatoms. The molecule has 0 amide bonds. The predicted octanol–water partition coefficient (Wildman–Crippen LogP) is 3.94. The number of hydrogen-bond donors (Lipinski definition) is 1. The summed E-state index contributed by atoms with van der Waals surface area (Å²) in [5, 5.41) is 3.40. The summed E-state index contributed by atoms with van der Waals surface area (Å²) < 4.78 is 6.21. The van der Waals surface area contributed by atoms with Crippen LogP contribution in [0.5, 0.6) is 0 Å². The molecule has 1 aromatic carbocycles. The van der Waals surface area contributed by atoms with Gasteiger partial charge in [0.15, 0.2) is 4.67 Å². The molecule has 1 atom stereocenters. The van der Waals surface area contributed by atoms with Crippen molar-refractivity contribution in [3.8, 4) is 0 Å². The van der Waals surface area contributed by atoms with E-state index in [4.69, 9.17) is 4.42 Å². The Bertz CT molecular complexity index is 452. The van der Waals surface area contributed by atoms with Crippen molar-refractivity contribution in [2.24, 2.45) is 0 Å². The topological polar surface area (TPSA) is 25.2 Å². The maximum atomic E-state index is 5.43. The average molecular weight is 294 g/mol. The highest BCUT2D eigenvalue weighted by Crippen LogP contribution is 2.15. The third kappa shape index (κ3) is 3.72. The Balaban J connectivity index is 1.79. The molecule has 2 aromatic rings. The lowest BCUT2D eigenvalue weighted by molar-refractivity contribution is 0.460. The third-order valence-corrected chi connectivity index (χ3v) is 3.17. The lowest BCUT2D eigenvalue weighted by Gasteiger charge is -2.12. The summed E-state index contributed by atoms with van der Waals surface area (Å²) in [6, 6.07) is 14.4. The van der Waals surface area contributed by atoms with E-state index < -0.39 is 0 Å². The van der Waals surface area contributed by atoms with E-state index in [1.807, 2.05) is 18.2 Å². The summed E-state index contributed by atoms with van der Waals surface area (Å²) in [6.45, 7) is 3.94. The van der Waals surface area contributed by atoms with E-state index in [0.29, 0.717) is 5.92 Å². The van der Waals surface area contributed by atoms with Crippen LogP contribution in [0.1, 0.15) is 24.2 Å². The number of nitrogens with one attached hydrogen (secondary N) is 1. The fraction of sp³-hybridized carbons (Fsp3) is 0.286. The highest BCUT2D eigenvalue weighted by atomic mass is 79.9. The quantitative estimate of drug-likeness (QED) is 0.903. The summed E-state index contributed by atoms with van der Waals surface area (Å²) in [5.41, 5.74) is 1.36. The van der Waals surface area contributed by atoms with Gasteiger partial charge in [-0.05, 0) is 39.5 Å². The maximum Gasteiger partial charge on any atom is 0.169 e. The third-order valence-electron chi connectivity index (χ3n) is 2.75. The fourth-order valence-corrected chi connectivity index (χ4v) is 2.10. The number of furan rings is 1. The van der Waals surface area contributed by atoms with Gasteiger partial charge in [0.25, 0.3) is 0 Å². The van der Waals surface area contributed by atoms with Crippen molar-refractivity contribution in [2.75, 3.05) is 6.54 Å². The number of rotatable bonds is 5. The Kier molecular flexibility index (Phi) is 4.40. The molecule has 0 saturated carbocycles. The molecular formula is C14H16BrNO. The van der Waals surface area contributed by atoms with Crippen LogP contribution < -0.4 is 5.32 Å². The van der Waals surface area contributed by atoms with E-state index in [-0.39, 0.29) is 0 Å². The van der Waals surface area contributed by atoms with Gasteiger partial charge in [-0.3, -0.25) is 0 Å². The minimum Gasteiger partial charge on any atom is -0.453 e. The number of hydrogen-bond acceptors (Lipinski definition) is 2. The first-order chi connectivity index (χ1) is 8.25. The Morgan fingerprint density at radius 1 is 1.18 bits per heavy atom. The van der Waals surface area contributed by atoms with Crippen LogP contribution >= 0.6 is 15.9 Å². The average Bonchev–Trinajstić information content (AvgIpc) is 2.76. The molecule has 2 rings (SSSR count). The predicted molar refractivity (Wildman–Crippen MR) is 73.0 cm³/mol. The molecule has 2 nitrogen and oxygen atoms in total. The van der Waals surface area contributed by atoms with Crippen molar-refractivity contribution < 1.29 is 4.42 Å². The zero-order valence-corrected chi connectivity index (χ0v) is 11.4. The van der Waals surface area contributed by atoms with Crippen molar-refractivity contribution >= 4 is 15.9 Å². The summed E-state index contributed by atoms with van der Waals surface area (Å²) >= 11 is 3.30. The van der Waals surface area contributed by atoms with Crippen LogP contribution in [0.15, 0.2) is 51.6 Å². The first-order valence-corrected chi connectivity index (χ1v) is 6.55. The second-order valence-corrected chi connectivity index (χ2v) is 4.93. The summed E-state index contributed by atoms with van der Waals surface area (Å²) in [6.07, 6.45) is 0.